The average Bonchev–Trinajstić information content (AvgIpc) is 2.35. The lowest BCUT2D eigenvalue weighted by Crippen LogP contribution is -2.43. The van der Waals surface area contributed by atoms with Crippen molar-refractivity contribution in [2.75, 3.05) is 0 Å². The molecule has 0 spiro atoms. The van der Waals surface area contributed by atoms with Crippen molar-refractivity contribution < 1.29 is 24.7 Å². The van der Waals surface area contributed by atoms with Crippen LogP contribution in [0.15, 0.2) is 30.3 Å². The zero-order valence-electron chi connectivity index (χ0n) is 9.85. The van der Waals surface area contributed by atoms with E-state index in [9.17, 15) is 14.5 Å². The first kappa shape index (κ1) is 15.9. The maximum atomic E-state index is 12.3. The molecule has 1 rings (SSSR count). The number of carboxylic acid groups (broad SMARTS) is 2. The summed E-state index contributed by atoms with van der Waals surface area (Å²) in [5.74, 6) is -2.39. The summed E-state index contributed by atoms with van der Waals surface area (Å²) in [6, 6.07) is 6.83. The van der Waals surface area contributed by atoms with Crippen molar-refractivity contribution in [1.82, 2.24) is 5.09 Å². The SMILES string of the molecule is O=C(O)CC[C@H](N[P+]([O-])([S-])c1ccccc1)C(=O)O. The molecule has 0 fully saturated rings. The lowest BCUT2D eigenvalue weighted by atomic mass is 10.2. The summed E-state index contributed by atoms with van der Waals surface area (Å²) < 4.78 is 0. The van der Waals surface area contributed by atoms with Gasteiger partial charge < -0.3 is 27.4 Å². The molecule has 0 heterocycles. The Balaban J connectivity index is 2.77. The largest absolute Gasteiger partial charge is 0.678 e. The molecule has 0 amide bonds. The van der Waals surface area contributed by atoms with Crippen molar-refractivity contribution in [2.24, 2.45) is 0 Å². The number of rotatable bonds is 7. The topological polar surface area (TPSA) is 110 Å². The van der Waals surface area contributed by atoms with Crippen LogP contribution in [-0.4, -0.2) is 28.2 Å². The Morgan fingerprint density at radius 1 is 1.32 bits per heavy atom. The summed E-state index contributed by atoms with van der Waals surface area (Å²) in [6.07, 6.45) is -0.522. The Kier molecular flexibility index (Phi) is 5.75. The normalized spacial score (nSPS) is 15.5. The first-order valence-corrected chi connectivity index (χ1v) is 8.14. The molecule has 1 aromatic rings. The van der Waals surface area contributed by atoms with Gasteiger partial charge in [0, 0.05) is 6.42 Å². The number of aliphatic carboxylic acids is 2. The molecular weight excluding hydrogens is 289 g/mol. The van der Waals surface area contributed by atoms with Crippen LogP contribution >= 0.6 is 6.84 Å². The number of carboxylic acids is 2. The summed E-state index contributed by atoms with van der Waals surface area (Å²) in [7, 11) is 0. The van der Waals surface area contributed by atoms with Crippen LogP contribution in [0, 0.1) is 0 Å². The zero-order valence-corrected chi connectivity index (χ0v) is 11.6. The van der Waals surface area contributed by atoms with E-state index in [0.717, 1.165) is 0 Å². The Hall–Kier alpha value is -1.14. The second-order valence-corrected chi connectivity index (χ2v) is 7.26. The van der Waals surface area contributed by atoms with E-state index in [1.165, 1.54) is 12.1 Å². The van der Waals surface area contributed by atoms with E-state index in [4.69, 9.17) is 22.5 Å². The monoisotopic (exact) mass is 302 g/mol. The molecule has 0 aliphatic rings. The molecule has 1 aromatic carbocycles. The minimum atomic E-state index is -3.46. The molecule has 0 saturated carbocycles. The van der Waals surface area contributed by atoms with E-state index in [1.54, 1.807) is 18.2 Å². The van der Waals surface area contributed by atoms with Crippen LogP contribution in [0.5, 0.6) is 0 Å². The standard InChI is InChI=1S/C11H14NO5PS/c13-10(14)7-6-9(11(15)16)12-18(17,19)8-4-2-1-3-5-8/h1-5,9H,6-7H2,(H,13,14)(H,15,16)(H2,12,17,19)/p-1/t9-,18?/m0/s1. The summed E-state index contributed by atoms with van der Waals surface area (Å²) in [4.78, 5) is 33.7. The van der Waals surface area contributed by atoms with Crippen molar-refractivity contribution in [3.63, 3.8) is 0 Å². The molecule has 0 bridgehead atoms. The zero-order chi connectivity index (χ0) is 14.5. The molecule has 3 N–H and O–H groups in total. The Morgan fingerprint density at radius 3 is 2.37 bits per heavy atom. The number of benzene rings is 1. The van der Waals surface area contributed by atoms with E-state index < -0.39 is 24.8 Å². The van der Waals surface area contributed by atoms with Crippen LogP contribution in [0.4, 0.5) is 0 Å². The Morgan fingerprint density at radius 2 is 1.89 bits per heavy atom. The van der Waals surface area contributed by atoms with E-state index in [2.05, 4.69) is 5.09 Å². The van der Waals surface area contributed by atoms with Crippen molar-refractivity contribution in [1.29, 1.82) is 0 Å². The maximum Gasteiger partial charge on any atom is 0.324 e. The third kappa shape index (κ3) is 5.16. The molecule has 0 radical (unpaired) electrons. The van der Waals surface area contributed by atoms with Crippen molar-refractivity contribution >= 4 is 36.3 Å². The fourth-order valence-corrected chi connectivity index (χ4v) is 3.53. The van der Waals surface area contributed by atoms with Crippen molar-refractivity contribution in [3.05, 3.63) is 30.3 Å². The molecule has 6 nitrogen and oxygen atoms in total. The summed E-state index contributed by atoms with van der Waals surface area (Å²) in [5, 5.41) is 20.2. The Labute approximate surface area is 116 Å². The molecule has 0 aromatic heterocycles. The van der Waals surface area contributed by atoms with Gasteiger partial charge in [-0.2, -0.15) is 5.09 Å². The number of hydrogen-bond donors (Lipinski definition) is 3. The summed E-state index contributed by atoms with van der Waals surface area (Å²) in [6.45, 7) is -3.46. The maximum absolute atomic E-state index is 12.3. The Bertz CT molecular complexity index is 454. The third-order valence-corrected chi connectivity index (χ3v) is 4.95. The van der Waals surface area contributed by atoms with Crippen LogP contribution in [0.1, 0.15) is 12.8 Å². The summed E-state index contributed by atoms with van der Waals surface area (Å²) in [5.41, 5.74) is 0. The first-order valence-electron chi connectivity index (χ1n) is 5.42. The van der Waals surface area contributed by atoms with Crippen LogP contribution in [-0.2, 0) is 21.8 Å². The van der Waals surface area contributed by atoms with E-state index in [1.807, 2.05) is 0 Å². The molecule has 104 valence electrons. The quantitative estimate of drug-likeness (QED) is 0.476. The van der Waals surface area contributed by atoms with Gasteiger partial charge in [0.1, 0.15) is 6.04 Å². The number of hydrogen-bond acceptors (Lipinski definition) is 5. The van der Waals surface area contributed by atoms with Gasteiger partial charge in [-0.3, -0.25) is 9.59 Å². The highest BCUT2D eigenvalue weighted by molar-refractivity contribution is 8.41. The highest BCUT2D eigenvalue weighted by Crippen LogP contribution is 2.41. The number of carbonyl (C=O) groups is 2. The van der Waals surface area contributed by atoms with Gasteiger partial charge in [0.25, 0.3) is 0 Å². The molecule has 1 unspecified atom stereocenters. The van der Waals surface area contributed by atoms with Gasteiger partial charge in [0.15, 0.2) is 0 Å². The summed E-state index contributed by atoms with van der Waals surface area (Å²) >= 11 is 4.92. The van der Waals surface area contributed by atoms with Gasteiger partial charge in [-0.15, -0.1) is 0 Å². The van der Waals surface area contributed by atoms with E-state index >= 15 is 0 Å². The van der Waals surface area contributed by atoms with Crippen LogP contribution < -0.4 is 15.3 Å². The molecule has 0 aliphatic carbocycles. The smallest absolute Gasteiger partial charge is 0.324 e. The minimum Gasteiger partial charge on any atom is -0.678 e. The number of nitrogens with one attached hydrogen (secondary N) is 1. The van der Waals surface area contributed by atoms with Crippen LogP contribution in [0.2, 0.25) is 0 Å². The average molecular weight is 302 g/mol. The van der Waals surface area contributed by atoms with Crippen LogP contribution in [0.3, 0.4) is 0 Å². The van der Waals surface area contributed by atoms with Crippen molar-refractivity contribution in [3.8, 4) is 0 Å². The lowest BCUT2D eigenvalue weighted by molar-refractivity contribution is -0.164. The minimum absolute atomic E-state index is 0.182. The van der Waals surface area contributed by atoms with Gasteiger partial charge in [-0.25, -0.2) is 0 Å². The van der Waals surface area contributed by atoms with Gasteiger partial charge in [-0.1, -0.05) is 25.0 Å². The van der Waals surface area contributed by atoms with Crippen molar-refractivity contribution in [2.45, 2.75) is 18.9 Å². The van der Waals surface area contributed by atoms with Gasteiger partial charge in [0.05, 0.1) is 5.30 Å². The first-order chi connectivity index (χ1) is 8.83. The second kappa shape index (κ2) is 6.86. The van der Waals surface area contributed by atoms with E-state index in [0.29, 0.717) is 5.30 Å². The molecule has 2 atom stereocenters. The highest BCUT2D eigenvalue weighted by Gasteiger charge is 2.26. The fourth-order valence-electron chi connectivity index (χ4n) is 1.41. The fraction of sp³-hybridized carbons (Fsp3) is 0.273. The third-order valence-electron chi connectivity index (χ3n) is 2.37. The molecular formula is C11H13NO5PS-. The van der Waals surface area contributed by atoms with E-state index in [-0.39, 0.29) is 12.8 Å². The molecule has 0 saturated heterocycles. The van der Waals surface area contributed by atoms with Gasteiger partial charge >= 0.3 is 11.9 Å². The molecule has 8 heteroatoms. The second-order valence-electron chi connectivity index (χ2n) is 3.84. The lowest BCUT2D eigenvalue weighted by Gasteiger charge is -2.39. The predicted octanol–water partition coefficient (Wildman–Crippen LogP) is -0.111. The van der Waals surface area contributed by atoms with Crippen LogP contribution in [0.25, 0.3) is 0 Å². The van der Waals surface area contributed by atoms with Gasteiger partial charge in [0.2, 0.25) is 0 Å². The molecule has 19 heavy (non-hydrogen) atoms. The van der Waals surface area contributed by atoms with Gasteiger partial charge in [-0.05, 0) is 18.6 Å². The highest BCUT2D eigenvalue weighted by atomic mass is 32.7. The molecule has 0 aliphatic heterocycles. The predicted molar refractivity (Wildman–Crippen MR) is 71.8 cm³/mol.